The molecule has 2 aliphatic heterocycles. The number of rotatable bonds is 3. The molecule has 0 aliphatic carbocycles. The van der Waals surface area contributed by atoms with Gasteiger partial charge in [-0.25, -0.2) is 4.79 Å². The summed E-state index contributed by atoms with van der Waals surface area (Å²) in [4.78, 5) is 34.1. The SMILES string of the molecule is CC1Oc2ccc(Cl)cc2N(CC(C)[NH+]2CCCCC2)C1=O.O=C([O-])C(=O)O. The molecular formula is C19H25ClN2O6. The molecule has 9 heteroatoms. The second kappa shape index (κ2) is 9.75. The van der Waals surface area contributed by atoms with Crippen LogP contribution >= 0.6 is 11.6 Å². The van der Waals surface area contributed by atoms with Crippen molar-refractivity contribution in [3.8, 4) is 5.75 Å². The van der Waals surface area contributed by atoms with Gasteiger partial charge in [0.05, 0.1) is 25.3 Å². The van der Waals surface area contributed by atoms with Crippen molar-refractivity contribution in [1.82, 2.24) is 0 Å². The Morgan fingerprint density at radius 1 is 1.36 bits per heavy atom. The molecule has 1 amide bonds. The normalized spacial score (nSPS) is 20.3. The number of amides is 1. The standard InChI is InChI=1S/C17H23ClN2O2.C2H2O4/c1-12(19-8-4-3-5-9-19)11-20-15-10-14(18)6-7-16(15)22-13(2)17(20)21;3-1(4)2(5)6/h6-7,10,12-13H,3-5,8-9,11H2,1-2H3;(H,3,4)(H,5,6). The van der Waals surface area contributed by atoms with Crippen molar-refractivity contribution in [1.29, 1.82) is 0 Å². The zero-order valence-electron chi connectivity index (χ0n) is 15.9. The van der Waals surface area contributed by atoms with Crippen molar-refractivity contribution in [3.63, 3.8) is 0 Å². The number of anilines is 1. The van der Waals surface area contributed by atoms with Crippen LogP contribution in [0.4, 0.5) is 5.69 Å². The van der Waals surface area contributed by atoms with Crippen LogP contribution in [-0.2, 0) is 14.4 Å². The average Bonchev–Trinajstić information content (AvgIpc) is 2.67. The van der Waals surface area contributed by atoms with E-state index in [1.54, 1.807) is 11.0 Å². The zero-order valence-corrected chi connectivity index (χ0v) is 16.7. The van der Waals surface area contributed by atoms with E-state index in [9.17, 15) is 4.79 Å². The maximum absolute atomic E-state index is 12.6. The average molecular weight is 413 g/mol. The number of hydrogen-bond acceptors (Lipinski definition) is 5. The number of fused-ring (bicyclic) bond motifs is 1. The zero-order chi connectivity index (χ0) is 20.8. The van der Waals surface area contributed by atoms with Crippen LogP contribution in [0, 0.1) is 0 Å². The number of nitrogens with zero attached hydrogens (tertiary/aromatic N) is 1. The summed E-state index contributed by atoms with van der Waals surface area (Å²) in [6.07, 6.45) is 3.48. The van der Waals surface area contributed by atoms with E-state index in [2.05, 4.69) is 6.92 Å². The molecule has 1 aromatic carbocycles. The van der Waals surface area contributed by atoms with Crippen LogP contribution in [0.3, 0.4) is 0 Å². The summed E-state index contributed by atoms with van der Waals surface area (Å²) < 4.78 is 5.70. The lowest BCUT2D eigenvalue weighted by atomic mass is 10.1. The summed E-state index contributed by atoms with van der Waals surface area (Å²) in [7, 11) is 0. The van der Waals surface area contributed by atoms with Gasteiger partial charge >= 0.3 is 5.97 Å². The number of hydrogen-bond donors (Lipinski definition) is 2. The molecule has 0 saturated carbocycles. The van der Waals surface area contributed by atoms with Crippen molar-refractivity contribution < 1.29 is 34.2 Å². The molecule has 0 spiro atoms. The minimum absolute atomic E-state index is 0.0260. The minimum atomic E-state index is -2.07. The van der Waals surface area contributed by atoms with Crippen molar-refractivity contribution in [3.05, 3.63) is 23.2 Å². The Morgan fingerprint density at radius 2 is 1.96 bits per heavy atom. The fourth-order valence-electron chi connectivity index (χ4n) is 3.47. The van der Waals surface area contributed by atoms with Crippen LogP contribution in [0.25, 0.3) is 0 Å². The van der Waals surface area contributed by atoms with Gasteiger partial charge in [-0.15, -0.1) is 0 Å². The second-order valence-corrected chi connectivity index (χ2v) is 7.47. The first-order valence-corrected chi connectivity index (χ1v) is 9.65. The van der Waals surface area contributed by atoms with Crippen molar-refractivity contribution in [2.75, 3.05) is 24.5 Å². The number of carboxylic acid groups (broad SMARTS) is 2. The van der Waals surface area contributed by atoms with E-state index < -0.39 is 18.0 Å². The largest absolute Gasteiger partial charge is 0.539 e. The third-order valence-electron chi connectivity index (χ3n) is 4.95. The number of halogens is 1. The van der Waals surface area contributed by atoms with E-state index in [4.69, 9.17) is 36.1 Å². The first-order valence-electron chi connectivity index (χ1n) is 9.27. The molecule has 154 valence electrons. The van der Waals surface area contributed by atoms with E-state index in [1.807, 2.05) is 24.0 Å². The third kappa shape index (κ3) is 5.59. The van der Waals surface area contributed by atoms with Gasteiger partial charge in [0.1, 0.15) is 11.8 Å². The monoisotopic (exact) mass is 412 g/mol. The maximum atomic E-state index is 12.6. The Kier molecular flexibility index (Phi) is 7.65. The number of aliphatic carboxylic acids is 2. The Balaban J connectivity index is 0.000000409. The Hall–Kier alpha value is -2.32. The van der Waals surface area contributed by atoms with E-state index >= 15 is 0 Å². The fraction of sp³-hybridized carbons (Fsp3) is 0.526. The topological polar surface area (TPSA) is 111 Å². The molecule has 0 bridgehead atoms. The van der Waals surface area contributed by atoms with E-state index in [0.29, 0.717) is 11.1 Å². The molecule has 8 nitrogen and oxygen atoms in total. The maximum Gasteiger partial charge on any atom is 0.351 e. The molecule has 2 heterocycles. The highest BCUT2D eigenvalue weighted by Crippen LogP contribution is 2.36. The first kappa shape index (κ1) is 22.0. The lowest BCUT2D eigenvalue weighted by Crippen LogP contribution is -3.16. The van der Waals surface area contributed by atoms with Crippen LogP contribution in [0.1, 0.15) is 33.1 Å². The van der Waals surface area contributed by atoms with Gasteiger partial charge < -0.3 is 24.6 Å². The quantitative estimate of drug-likeness (QED) is 0.661. The molecule has 28 heavy (non-hydrogen) atoms. The van der Waals surface area contributed by atoms with Crippen molar-refractivity contribution in [2.24, 2.45) is 0 Å². The van der Waals surface area contributed by atoms with E-state index in [0.717, 1.165) is 18.0 Å². The second-order valence-electron chi connectivity index (χ2n) is 7.03. The van der Waals surface area contributed by atoms with Crippen molar-refractivity contribution in [2.45, 2.75) is 45.3 Å². The predicted octanol–water partition coefficient (Wildman–Crippen LogP) is -0.268. The molecule has 1 fully saturated rings. The van der Waals surface area contributed by atoms with Gasteiger partial charge in [0.2, 0.25) is 0 Å². The highest BCUT2D eigenvalue weighted by atomic mass is 35.5. The van der Waals surface area contributed by atoms with Crippen LogP contribution in [0.5, 0.6) is 5.75 Å². The van der Waals surface area contributed by atoms with Gasteiger partial charge in [-0.05, 0) is 51.3 Å². The lowest BCUT2D eigenvalue weighted by molar-refractivity contribution is -0.926. The molecule has 2 aliphatic rings. The Labute approximate surface area is 168 Å². The van der Waals surface area contributed by atoms with Crippen LogP contribution in [-0.4, -0.2) is 54.7 Å². The number of piperidine rings is 1. The van der Waals surface area contributed by atoms with Gasteiger partial charge in [0.25, 0.3) is 5.91 Å². The minimum Gasteiger partial charge on any atom is -0.539 e. The summed E-state index contributed by atoms with van der Waals surface area (Å²) in [5, 5.41) is 16.9. The number of ether oxygens (including phenoxy) is 1. The van der Waals surface area contributed by atoms with Crippen LogP contribution in [0.2, 0.25) is 5.02 Å². The number of benzene rings is 1. The van der Waals surface area contributed by atoms with Gasteiger partial charge in [-0.1, -0.05) is 11.6 Å². The summed E-state index contributed by atoms with van der Waals surface area (Å²) in [5.74, 6) is -3.24. The lowest BCUT2D eigenvalue weighted by Gasteiger charge is -2.37. The summed E-state index contributed by atoms with van der Waals surface area (Å²) in [6.45, 7) is 7.17. The van der Waals surface area contributed by atoms with E-state index in [1.165, 1.54) is 32.4 Å². The molecule has 0 aromatic heterocycles. The molecule has 2 N–H and O–H groups in total. The first-order chi connectivity index (χ1) is 13.2. The van der Waals surface area contributed by atoms with Gasteiger partial charge in [-0.3, -0.25) is 9.69 Å². The Morgan fingerprint density at radius 3 is 2.54 bits per heavy atom. The number of carboxylic acids is 2. The highest BCUT2D eigenvalue weighted by molar-refractivity contribution is 6.31. The molecular weight excluding hydrogens is 388 g/mol. The Bertz CT molecular complexity index is 723. The number of carbonyl (C=O) groups is 3. The molecule has 2 atom stereocenters. The van der Waals surface area contributed by atoms with Crippen LogP contribution in [0.15, 0.2) is 18.2 Å². The van der Waals surface area contributed by atoms with Crippen LogP contribution < -0.4 is 19.6 Å². The number of nitrogens with one attached hydrogen (secondary N) is 1. The van der Waals surface area contributed by atoms with Crippen molar-refractivity contribution >= 4 is 35.1 Å². The van der Waals surface area contributed by atoms with Gasteiger partial charge in [0, 0.05) is 5.02 Å². The molecule has 1 aromatic rings. The smallest absolute Gasteiger partial charge is 0.351 e. The fourth-order valence-corrected chi connectivity index (χ4v) is 3.64. The molecule has 0 radical (unpaired) electrons. The number of likely N-dealkylation sites (tertiary alicyclic amines) is 1. The van der Waals surface area contributed by atoms with E-state index in [-0.39, 0.29) is 5.91 Å². The third-order valence-corrected chi connectivity index (χ3v) is 5.19. The number of carbonyl (C=O) groups excluding carboxylic acids is 2. The highest BCUT2D eigenvalue weighted by Gasteiger charge is 2.34. The number of quaternary nitrogens is 1. The molecule has 3 rings (SSSR count). The summed E-state index contributed by atoms with van der Waals surface area (Å²) in [6, 6.07) is 5.91. The van der Waals surface area contributed by atoms with Gasteiger partial charge in [0.15, 0.2) is 12.1 Å². The predicted molar refractivity (Wildman–Crippen MR) is 101 cm³/mol. The molecule has 1 saturated heterocycles. The summed E-state index contributed by atoms with van der Waals surface area (Å²) >= 11 is 6.11. The van der Waals surface area contributed by atoms with Gasteiger partial charge in [-0.2, -0.15) is 0 Å². The molecule has 2 unspecified atom stereocenters. The summed E-state index contributed by atoms with van der Waals surface area (Å²) in [5.41, 5.74) is 0.804.